The molecule has 7 nitrogen and oxygen atoms in total. The van der Waals surface area contributed by atoms with E-state index in [0.717, 1.165) is 37.1 Å². The second kappa shape index (κ2) is 10.5. The highest BCUT2D eigenvalue weighted by atomic mass is 32.2. The van der Waals surface area contributed by atoms with Gasteiger partial charge in [0.1, 0.15) is 5.82 Å². The number of carbonyl (C=O) groups excluding carboxylic acids is 2. The summed E-state index contributed by atoms with van der Waals surface area (Å²) >= 11 is 1.33. The third kappa shape index (κ3) is 5.56. The van der Waals surface area contributed by atoms with Crippen LogP contribution < -0.4 is 10.6 Å². The van der Waals surface area contributed by atoms with Crippen molar-refractivity contribution in [3.05, 3.63) is 71.5 Å². The summed E-state index contributed by atoms with van der Waals surface area (Å²) in [7, 11) is 0. The first-order valence-electron chi connectivity index (χ1n) is 10.9. The lowest BCUT2D eigenvalue weighted by molar-refractivity contribution is -0.113. The fourth-order valence-corrected chi connectivity index (χ4v) is 4.64. The maximum atomic E-state index is 12.7. The third-order valence-electron chi connectivity index (χ3n) is 5.55. The average Bonchev–Trinajstić information content (AvgIpc) is 3.43. The number of nitrogens with one attached hydrogen (secondary N) is 2. The van der Waals surface area contributed by atoms with Crippen LogP contribution >= 0.6 is 11.8 Å². The molecule has 2 aromatic carbocycles. The minimum atomic E-state index is -0.192. The topological polar surface area (TPSA) is 88.9 Å². The molecule has 2 amide bonds. The van der Waals surface area contributed by atoms with Crippen molar-refractivity contribution >= 4 is 29.3 Å². The predicted molar refractivity (Wildman–Crippen MR) is 126 cm³/mol. The van der Waals surface area contributed by atoms with Gasteiger partial charge in [0.25, 0.3) is 5.91 Å². The van der Waals surface area contributed by atoms with Crippen LogP contribution in [0.25, 0.3) is 0 Å². The van der Waals surface area contributed by atoms with Crippen LogP contribution in [0.15, 0.2) is 59.8 Å². The molecule has 0 spiro atoms. The van der Waals surface area contributed by atoms with E-state index in [1.165, 1.54) is 11.8 Å². The first-order chi connectivity index (χ1) is 15.6. The highest BCUT2D eigenvalue weighted by Gasteiger charge is 2.20. The molecule has 1 heterocycles. The number of para-hydroxylation sites is 1. The molecule has 32 heavy (non-hydrogen) atoms. The number of benzene rings is 2. The summed E-state index contributed by atoms with van der Waals surface area (Å²) in [6.45, 7) is 2.55. The van der Waals surface area contributed by atoms with E-state index in [1.54, 1.807) is 12.1 Å². The number of amides is 2. The molecule has 0 saturated heterocycles. The fourth-order valence-electron chi connectivity index (χ4n) is 3.86. The zero-order chi connectivity index (χ0) is 22.3. The lowest BCUT2D eigenvalue weighted by Gasteiger charge is -2.15. The Balaban J connectivity index is 1.37. The van der Waals surface area contributed by atoms with Crippen LogP contribution in [-0.4, -0.2) is 38.4 Å². The molecule has 4 rings (SSSR count). The molecule has 166 valence electrons. The molecule has 2 N–H and O–H groups in total. The van der Waals surface area contributed by atoms with Crippen molar-refractivity contribution < 1.29 is 9.59 Å². The maximum Gasteiger partial charge on any atom is 0.253 e. The average molecular weight is 450 g/mol. The molecule has 0 bridgehead atoms. The number of hydrogen-bond donors (Lipinski definition) is 2. The molecular weight excluding hydrogens is 422 g/mol. The van der Waals surface area contributed by atoms with Crippen LogP contribution in [-0.2, 0) is 11.3 Å². The lowest BCUT2D eigenvalue weighted by Crippen LogP contribution is -2.33. The number of aromatic nitrogens is 3. The quantitative estimate of drug-likeness (QED) is 0.507. The Morgan fingerprint density at radius 1 is 1.03 bits per heavy atom. The highest BCUT2D eigenvalue weighted by Crippen LogP contribution is 2.22. The van der Waals surface area contributed by atoms with Crippen molar-refractivity contribution in [1.82, 2.24) is 20.1 Å². The molecule has 1 saturated carbocycles. The van der Waals surface area contributed by atoms with E-state index in [1.807, 2.05) is 54.0 Å². The van der Waals surface area contributed by atoms with Crippen LogP contribution in [0.5, 0.6) is 0 Å². The number of aryl methyl sites for hydroxylation is 1. The minimum absolute atomic E-state index is 0.140. The number of anilines is 1. The number of nitrogens with zero attached hydrogens (tertiary/aromatic N) is 3. The molecular formula is C24H27N5O2S. The van der Waals surface area contributed by atoms with Gasteiger partial charge in [-0.1, -0.05) is 67.1 Å². The van der Waals surface area contributed by atoms with E-state index in [2.05, 4.69) is 20.8 Å². The van der Waals surface area contributed by atoms with Gasteiger partial charge in [-0.05, 0) is 37.5 Å². The first kappa shape index (κ1) is 22.1. The van der Waals surface area contributed by atoms with E-state index in [4.69, 9.17) is 0 Å². The second-order valence-corrected chi connectivity index (χ2v) is 8.88. The zero-order valence-electron chi connectivity index (χ0n) is 18.1. The number of hydrogen-bond acceptors (Lipinski definition) is 5. The summed E-state index contributed by atoms with van der Waals surface area (Å²) < 4.78 is 2.00. The van der Waals surface area contributed by atoms with Crippen molar-refractivity contribution in [2.45, 2.75) is 50.4 Å². The summed E-state index contributed by atoms with van der Waals surface area (Å²) in [4.78, 5) is 25.4. The summed E-state index contributed by atoms with van der Waals surface area (Å²) in [5.74, 6) is 0.637. The van der Waals surface area contributed by atoms with Gasteiger partial charge in [0.15, 0.2) is 5.16 Å². The smallest absolute Gasteiger partial charge is 0.253 e. The summed E-state index contributed by atoms with van der Waals surface area (Å²) in [6.07, 6.45) is 4.32. The standard InChI is InChI=1S/C24H27N5O2S/c1-17-27-28-24(29(17)15-18-9-3-2-4-10-18)32-16-22(30)26-21-14-8-7-13-20(21)23(31)25-19-11-5-6-12-19/h2-4,7-10,13-14,19H,5-6,11-12,15-16H2,1H3,(H,25,31)(H,26,30). The Morgan fingerprint density at radius 2 is 1.75 bits per heavy atom. The molecule has 8 heteroatoms. The normalized spacial score (nSPS) is 13.8. The van der Waals surface area contributed by atoms with Gasteiger partial charge in [-0.2, -0.15) is 0 Å². The monoisotopic (exact) mass is 449 g/mol. The van der Waals surface area contributed by atoms with Crippen molar-refractivity contribution in [1.29, 1.82) is 0 Å². The van der Waals surface area contributed by atoms with Crippen LogP contribution in [0.2, 0.25) is 0 Å². The van der Waals surface area contributed by atoms with E-state index in [9.17, 15) is 9.59 Å². The molecule has 1 aliphatic rings. The van der Waals surface area contributed by atoms with Crippen molar-refractivity contribution in [3.63, 3.8) is 0 Å². The van der Waals surface area contributed by atoms with Crippen LogP contribution in [0, 0.1) is 6.92 Å². The molecule has 1 aliphatic carbocycles. The molecule has 0 atom stereocenters. The van der Waals surface area contributed by atoms with Crippen molar-refractivity contribution in [2.24, 2.45) is 0 Å². The number of rotatable bonds is 8. The van der Waals surface area contributed by atoms with Gasteiger partial charge in [0, 0.05) is 6.04 Å². The second-order valence-electron chi connectivity index (χ2n) is 7.94. The third-order valence-corrected chi connectivity index (χ3v) is 6.52. The Morgan fingerprint density at radius 3 is 2.53 bits per heavy atom. The predicted octanol–water partition coefficient (Wildman–Crippen LogP) is 4.04. The molecule has 1 fully saturated rings. The van der Waals surface area contributed by atoms with Crippen LogP contribution in [0.3, 0.4) is 0 Å². The zero-order valence-corrected chi connectivity index (χ0v) is 18.9. The number of thioether (sulfide) groups is 1. The van der Waals surface area contributed by atoms with E-state index in [0.29, 0.717) is 23.0 Å². The van der Waals surface area contributed by atoms with Gasteiger partial charge in [-0.25, -0.2) is 0 Å². The van der Waals surface area contributed by atoms with E-state index >= 15 is 0 Å². The molecule has 0 aliphatic heterocycles. The Labute approximate surface area is 192 Å². The summed E-state index contributed by atoms with van der Waals surface area (Å²) in [5.41, 5.74) is 2.15. The Hall–Kier alpha value is -3.13. The number of carbonyl (C=O) groups is 2. The van der Waals surface area contributed by atoms with Crippen LogP contribution in [0.1, 0.15) is 47.4 Å². The van der Waals surface area contributed by atoms with Gasteiger partial charge >= 0.3 is 0 Å². The van der Waals surface area contributed by atoms with Crippen molar-refractivity contribution in [3.8, 4) is 0 Å². The van der Waals surface area contributed by atoms with E-state index < -0.39 is 0 Å². The SMILES string of the molecule is Cc1nnc(SCC(=O)Nc2ccccc2C(=O)NC2CCCC2)n1Cc1ccccc1. The molecule has 3 aromatic rings. The van der Waals surface area contributed by atoms with Gasteiger partial charge < -0.3 is 15.2 Å². The molecule has 0 unspecified atom stereocenters. The van der Waals surface area contributed by atoms with Crippen LogP contribution in [0.4, 0.5) is 5.69 Å². The van der Waals surface area contributed by atoms with Gasteiger partial charge in [0.2, 0.25) is 5.91 Å². The largest absolute Gasteiger partial charge is 0.349 e. The first-order valence-corrected chi connectivity index (χ1v) is 11.8. The van der Waals surface area contributed by atoms with Crippen molar-refractivity contribution in [2.75, 3.05) is 11.1 Å². The highest BCUT2D eigenvalue weighted by molar-refractivity contribution is 7.99. The summed E-state index contributed by atoms with van der Waals surface area (Å²) in [5, 5.41) is 15.1. The minimum Gasteiger partial charge on any atom is -0.349 e. The Kier molecular flexibility index (Phi) is 7.21. The van der Waals surface area contributed by atoms with E-state index in [-0.39, 0.29) is 23.6 Å². The Bertz CT molecular complexity index is 1080. The van der Waals surface area contributed by atoms with Gasteiger partial charge in [-0.15, -0.1) is 10.2 Å². The lowest BCUT2D eigenvalue weighted by atomic mass is 10.1. The summed E-state index contributed by atoms with van der Waals surface area (Å²) in [6, 6.07) is 17.4. The van der Waals surface area contributed by atoms with Gasteiger partial charge in [-0.3, -0.25) is 9.59 Å². The molecule has 1 aromatic heterocycles. The molecule has 0 radical (unpaired) electrons. The fraction of sp³-hybridized carbons (Fsp3) is 0.333. The van der Waals surface area contributed by atoms with Gasteiger partial charge in [0.05, 0.1) is 23.5 Å². The maximum absolute atomic E-state index is 12.7.